The van der Waals surface area contributed by atoms with Gasteiger partial charge < -0.3 is 16.0 Å². The lowest BCUT2D eigenvalue weighted by Gasteiger charge is -2.11. The second-order valence-corrected chi connectivity index (χ2v) is 7.12. The van der Waals surface area contributed by atoms with Crippen LogP contribution in [-0.4, -0.2) is 36.5 Å². The highest BCUT2D eigenvalue weighted by Crippen LogP contribution is 2.11. The molecule has 0 aliphatic carbocycles. The Balaban J connectivity index is 1.93. The van der Waals surface area contributed by atoms with Crippen molar-refractivity contribution in [3.8, 4) is 0 Å². The van der Waals surface area contributed by atoms with E-state index in [2.05, 4.69) is 32.9 Å². The van der Waals surface area contributed by atoms with Crippen molar-refractivity contribution in [1.29, 1.82) is 0 Å². The number of carbonyl (C=O) groups is 1. The molecule has 2 aromatic rings. The van der Waals surface area contributed by atoms with Gasteiger partial charge in [0.05, 0.1) is 11.6 Å². The molecule has 3 N–H and O–H groups in total. The zero-order valence-corrected chi connectivity index (χ0v) is 16.4. The van der Waals surface area contributed by atoms with Crippen LogP contribution in [0, 0.1) is 6.92 Å². The molecule has 0 fully saturated rings. The molecule has 1 amide bonds. The first kappa shape index (κ1) is 19.9. The number of hydrogen-bond acceptors (Lipinski definition) is 4. The molecule has 0 radical (unpaired) electrons. The van der Waals surface area contributed by atoms with Crippen molar-refractivity contribution >= 4 is 23.2 Å². The zero-order valence-electron chi connectivity index (χ0n) is 15.6. The molecular formula is C19H27N5OS. The molecule has 1 aromatic carbocycles. The fraction of sp³-hybridized carbons (Fsp3) is 0.421. The summed E-state index contributed by atoms with van der Waals surface area (Å²) < 4.78 is 0. The van der Waals surface area contributed by atoms with Crippen LogP contribution in [0.15, 0.2) is 35.5 Å². The van der Waals surface area contributed by atoms with E-state index in [0.717, 1.165) is 36.0 Å². The van der Waals surface area contributed by atoms with Crippen LogP contribution in [0.1, 0.15) is 39.7 Å². The highest BCUT2D eigenvalue weighted by Gasteiger charge is 2.05. The molecular weight excluding hydrogens is 346 g/mol. The molecule has 6 nitrogen and oxygen atoms in total. The van der Waals surface area contributed by atoms with Gasteiger partial charge in [-0.05, 0) is 38.5 Å². The highest BCUT2D eigenvalue weighted by molar-refractivity contribution is 7.11. The standard InChI is InChI=1S/C19H27N5OS/c1-4-20-18(25)16-8-6-7-15(11-16)13-24-19(21-5-2)22-10-9-17-23-12-14(3)26-17/h6-8,11-12H,4-5,9-10,13H2,1-3H3,(H,20,25)(H2,21,22,24). The van der Waals surface area contributed by atoms with E-state index < -0.39 is 0 Å². The molecule has 1 aromatic heterocycles. The fourth-order valence-corrected chi connectivity index (χ4v) is 3.18. The molecule has 26 heavy (non-hydrogen) atoms. The van der Waals surface area contributed by atoms with Gasteiger partial charge in [0.15, 0.2) is 5.96 Å². The van der Waals surface area contributed by atoms with Crippen LogP contribution in [-0.2, 0) is 13.0 Å². The number of hydrogen-bond donors (Lipinski definition) is 3. The number of aryl methyl sites for hydroxylation is 1. The van der Waals surface area contributed by atoms with E-state index in [4.69, 9.17) is 0 Å². The first-order chi connectivity index (χ1) is 12.6. The van der Waals surface area contributed by atoms with Gasteiger partial charge in [0.1, 0.15) is 0 Å². The molecule has 7 heteroatoms. The minimum Gasteiger partial charge on any atom is -0.357 e. The van der Waals surface area contributed by atoms with E-state index in [0.29, 0.717) is 18.7 Å². The predicted octanol–water partition coefficient (Wildman–Crippen LogP) is 2.50. The number of guanidine groups is 1. The van der Waals surface area contributed by atoms with Gasteiger partial charge in [0, 0.05) is 42.7 Å². The molecule has 0 atom stereocenters. The van der Waals surface area contributed by atoms with E-state index >= 15 is 0 Å². The van der Waals surface area contributed by atoms with Gasteiger partial charge in [0.25, 0.3) is 5.91 Å². The Kier molecular flexibility index (Phi) is 8.08. The summed E-state index contributed by atoms with van der Waals surface area (Å²) >= 11 is 1.72. The summed E-state index contributed by atoms with van der Waals surface area (Å²) in [6.07, 6.45) is 2.77. The third kappa shape index (κ3) is 6.48. The summed E-state index contributed by atoms with van der Waals surface area (Å²) in [5, 5.41) is 10.5. The summed E-state index contributed by atoms with van der Waals surface area (Å²) in [7, 11) is 0. The Labute approximate surface area is 159 Å². The summed E-state index contributed by atoms with van der Waals surface area (Å²) in [5.41, 5.74) is 1.66. The Bertz CT molecular complexity index is 741. The van der Waals surface area contributed by atoms with Crippen molar-refractivity contribution in [2.45, 2.75) is 33.7 Å². The minimum absolute atomic E-state index is 0.0536. The lowest BCUT2D eigenvalue weighted by molar-refractivity contribution is 0.0955. The van der Waals surface area contributed by atoms with Crippen LogP contribution < -0.4 is 16.0 Å². The zero-order chi connectivity index (χ0) is 18.8. The number of aliphatic imine (C=N–C) groups is 1. The Morgan fingerprint density at radius 3 is 2.69 bits per heavy atom. The number of nitrogens with zero attached hydrogens (tertiary/aromatic N) is 2. The van der Waals surface area contributed by atoms with Crippen molar-refractivity contribution in [1.82, 2.24) is 20.9 Å². The molecule has 0 aliphatic rings. The third-order valence-electron chi connectivity index (χ3n) is 3.59. The van der Waals surface area contributed by atoms with E-state index in [1.165, 1.54) is 4.88 Å². The lowest BCUT2D eigenvalue weighted by Crippen LogP contribution is -2.38. The molecule has 0 aliphatic heterocycles. The smallest absolute Gasteiger partial charge is 0.251 e. The molecule has 0 unspecified atom stereocenters. The Hall–Kier alpha value is -2.41. The molecule has 0 spiro atoms. The number of rotatable bonds is 8. The van der Waals surface area contributed by atoms with Crippen molar-refractivity contribution in [3.63, 3.8) is 0 Å². The molecule has 1 heterocycles. The summed E-state index contributed by atoms with van der Waals surface area (Å²) in [4.78, 5) is 22.2. The van der Waals surface area contributed by atoms with Crippen LogP contribution in [0.25, 0.3) is 0 Å². The number of aromatic nitrogens is 1. The number of nitrogens with one attached hydrogen (secondary N) is 3. The largest absolute Gasteiger partial charge is 0.357 e. The normalized spacial score (nSPS) is 11.3. The fourth-order valence-electron chi connectivity index (χ4n) is 2.39. The number of thiazole rings is 1. The maximum absolute atomic E-state index is 11.9. The minimum atomic E-state index is -0.0536. The van der Waals surface area contributed by atoms with Gasteiger partial charge in [0.2, 0.25) is 0 Å². The lowest BCUT2D eigenvalue weighted by atomic mass is 10.1. The number of amides is 1. The van der Waals surface area contributed by atoms with Crippen LogP contribution in [0.4, 0.5) is 0 Å². The molecule has 0 bridgehead atoms. The topological polar surface area (TPSA) is 78.4 Å². The van der Waals surface area contributed by atoms with Crippen LogP contribution in [0.5, 0.6) is 0 Å². The summed E-state index contributed by atoms with van der Waals surface area (Å²) in [5.74, 6) is 0.714. The van der Waals surface area contributed by atoms with Crippen LogP contribution in [0.3, 0.4) is 0 Å². The van der Waals surface area contributed by atoms with Gasteiger partial charge in [-0.1, -0.05) is 12.1 Å². The maximum atomic E-state index is 11.9. The second kappa shape index (κ2) is 10.6. The molecule has 2 rings (SSSR count). The van der Waals surface area contributed by atoms with Gasteiger partial charge >= 0.3 is 0 Å². The van der Waals surface area contributed by atoms with Gasteiger partial charge in [-0.25, -0.2) is 9.98 Å². The van der Waals surface area contributed by atoms with E-state index in [-0.39, 0.29) is 5.91 Å². The SMILES string of the molecule is CCNC(=O)c1cccc(CN=C(NCC)NCCc2ncc(C)s2)c1. The first-order valence-corrected chi connectivity index (χ1v) is 9.74. The maximum Gasteiger partial charge on any atom is 0.251 e. The Morgan fingerprint density at radius 1 is 1.19 bits per heavy atom. The van der Waals surface area contributed by atoms with E-state index in [1.54, 1.807) is 11.3 Å². The quantitative estimate of drug-likeness (QED) is 0.491. The predicted molar refractivity (Wildman–Crippen MR) is 108 cm³/mol. The van der Waals surface area contributed by atoms with Crippen LogP contribution >= 0.6 is 11.3 Å². The highest BCUT2D eigenvalue weighted by atomic mass is 32.1. The average Bonchev–Trinajstić information content (AvgIpc) is 3.05. The van der Waals surface area contributed by atoms with E-state index in [1.807, 2.05) is 44.3 Å². The van der Waals surface area contributed by atoms with Crippen LogP contribution in [0.2, 0.25) is 0 Å². The molecule has 140 valence electrons. The summed E-state index contributed by atoms with van der Waals surface area (Å²) in [6.45, 7) is 8.71. The number of benzene rings is 1. The first-order valence-electron chi connectivity index (χ1n) is 8.93. The van der Waals surface area contributed by atoms with Gasteiger partial charge in [-0.15, -0.1) is 11.3 Å². The van der Waals surface area contributed by atoms with Crippen molar-refractivity contribution < 1.29 is 4.79 Å². The third-order valence-corrected chi connectivity index (χ3v) is 4.56. The van der Waals surface area contributed by atoms with Crippen molar-refractivity contribution in [2.24, 2.45) is 4.99 Å². The van der Waals surface area contributed by atoms with E-state index in [9.17, 15) is 4.79 Å². The van der Waals surface area contributed by atoms with Crippen molar-refractivity contribution in [3.05, 3.63) is 51.5 Å². The second-order valence-electron chi connectivity index (χ2n) is 5.80. The summed E-state index contributed by atoms with van der Waals surface area (Å²) in [6, 6.07) is 7.57. The van der Waals surface area contributed by atoms with Crippen molar-refractivity contribution in [2.75, 3.05) is 19.6 Å². The number of carbonyl (C=O) groups excluding carboxylic acids is 1. The molecule has 0 saturated carbocycles. The van der Waals surface area contributed by atoms with Gasteiger partial charge in [-0.3, -0.25) is 4.79 Å². The molecule has 0 saturated heterocycles. The average molecular weight is 374 g/mol. The van der Waals surface area contributed by atoms with Gasteiger partial charge in [-0.2, -0.15) is 0 Å². The monoisotopic (exact) mass is 373 g/mol. The Morgan fingerprint density at radius 2 is 2.00 bits per heavy atom.